The summed E-state index contributed by atoms with van der Waals surface area (Å²) < 4.78 is 10.5. The molecule has 24 heavy (non-hydrogen) atoms. The molecule has 1 fully saturated rings. The largest absolute Gasteiger partial charge is 0.494 e. The molecule has 2 rings (SSSR count). The van der Waals surface area contributed by atoms with Crippen molar-refractivity contribution in [3.8, 4) is 5.75 Å². The summed E-state index contributed by atoms with van der Waals surface area (Å²) in [5.41, 5.74) is 0.938. The van der Waals surface area contributed by atoms with Gasteiger partial charge in [-0.15, -0.1) is 0 Å². The van der Waals surface area contributed by atoms with Crippen LogP contribution in [-0.2, 0) is 20.7 Å². The molecule has 0 aromatic heterocycles. The van der Waals surface area contributed by atoms with Crippen LogP contribution in [0.3, 0.4) is 0 Å². The Morgan fingerprint density at radius 1 is 1.17 bits per heavy atom. The van der Waals surface area contributed by atoms with Crippen LogP contribution in [0.15, 0.2) is 24.3 Å². The van der Waals surface area contributed by atoms with Crippen molar-refractivity contribution in [2.45, 2.75) is 51.7 Å². The number of carbonyl (C=O) groups is 2. The summed E-state index contributed by atoms with van der Waals surface area (Å²) in [6, 6.07) is 6.83. The van der Waals surface area contributed by atoms with E-state index in [2.05, 4.69) is 10.6 Å². The first kappa shape index (κ1) is 18.3. The predicted molar refractivity (Wildman–Crippen MR) is 90.9 cm³/mol. The molecule has 1 heterocycles. The SMILES string of the molecule is CCOC(=O)[C@H](Cc1ccc(OCC)cc1)NC(=O)[C@H]1N[C@@H]1CC. The van der Waals surface area contributed by atoms with Crippen LogP contribution in [0.2, 0.25) is 0 Å². The van der Waals surface area contributed by atoms with E-state index >= 15 is 0 Å². The minimum Gasteiger partial charge on any atom is -0.494 e. The number of hydrogen-bond donors (Lipinski definition) is 2. The molecule has 1 aromatic rings. The summed E-state index contributed by atoms with van der Waals surface area (Å²) in [5, 5.41) is 5.91. The van der Waals surface area contributed by atoms with Gasteiger partial charge in [-0.1, -0.05) is 19.1 Å². The van der Waals surface area contributed by atoms with E-state index in [0.717, 1.165) is 17.7 Å². The number of benzene rings is 1. The maximum Gasteiger partial charge on any atom is 0.328 e. The third kappa shape index (κ3) is 4.96. The first-order valence-electron chi connectivity index (χ1n) is 8.53. The zero-order chi connectivity index (χ0) is 17.5. The molecule has 6 heteroatoms. The first-order valence-corrected chi connectivity index (χ1v) is 8.53. The highest BCUT2D eigenvalue weighted by Crippen LogP contribution is 2.16. The van der Waals surface area contributed by atoms with Crippen LogP contribution in [0.4, 0.5) is 0 Å². The van der Waals surface area contributed by atoms with Gasteiger partial charge in [-0.25, -0.2) is 4.79 Å². The fourth-order valence-corrected chi connectivity index (χ4v) is 2.61. The molecule has 3 atom stereocenters. The minimum atomic E-state index is -0.685. The Bertz CT molecular complexity index is 559. The van der Waals surface area contributed by atoms with Gasteiger partial charge in [0.1, 0.15) is 17.8 Å². The maximum atomic E-state index is 12.2. The second-order valence-electron chi connectivity index (χ2n) is 5.75. The molecule has 0 radical (unpaired) electrons. The molecule has 132 valence electrons. The highest BCUT2D eigenvalue weighted by atomic mass is 16.5. The van der Waals surface area contributed by atoms with Gasteiger partial charge in [-0.05, 0) is 38.0 Å². The standard InChI is InChI=1S/C18H26N2O4/c1-4-14-16(19-14)17(21)20-15(18(22)24-6-3)11-12-7-9-13(10-8-12)23-5-2/h7-10,14-16,19H,4-6,11H2,1-3H3,(H,20,21)/t14-,15+,16+/m1/s1. The first-order chi connectivity index (χ1) is 11.6. The summed E-state index contributed by atoms with van der Waals surface area (Å²) >= 11 is 0. The van der Waals surface area contributed by atoms with Crippen LogP contribution < -0.4 is 15.4 Å². The number of hydrogen-bond acceptors (Lipinski definition) is 5. The molecule has 0 spiro atoms. The second-order valence-corrected chi connectivity index (χ2v) is 5.75. The number of rotatable bonds is 9. The molecule has 1 saturated heterocycles. The molecule has 1 aromatic carbocycles. The van der Waals surface area contributed by atoms with Crippen molar-refractivity contribution in [2.75, 3.05) is 13.2 Å². The van der Waals surface area contributed by atoms with E-state index in [1.165, 1.54) is 0 Å². The van der Waals surface area contributed by atoms with Crippen molar-refractivity contribution in [3.05, 3.63) is 29.8 Å². The lowest BCUT2D eigenvalue weighted by Gasteiger charge is -2.17. The monoisotopic (exact) mass is 334 g/mol. The lowest BCUT2D eigenvalue weighted by atomic mass is 10.1. The molecule has 0 unspecified atom stereocenters. The van der Waals surface area contributed by atoms with Crippen LogP contribution >= 0.6 is 0 Å². The maximum absolute atomic E-state index is 12.2. The minimum absolute atomic E-state index is 0.147. The highest BCUT2D eigenvalue weighted by Gasteiger charge is 2.41. The smallest absolute Gasteiger partial charge is 0.328 e. The Morgan fingerprint density at radius 2 is 1.88 bits per heavy atom. The number of nitrogens with one attached hydrogen (secondary N) is 2. The molecular formula is C18H26N2O4. The fraction of sp³-hybridized carbons (Fsp3) is 0.556. The summed E-state index contributed by atoms with van der Waals surface area (Å²) in [7, 11) is 0. The van der Waals surface area contributed by atoms with E-state index in [0.29, 0.717) is 13.0 Å². The molecule has 0 saturated carbocycles. The van der Waals surface area contributed by atoms with Crippen molar-refractivity contribution in [2.24, 2.45) is 0 Å². The molecular weight excluding hydrogens is 308 g/mol. The Morgan fingerprint density at radius 3 is 2.42 bits per heavy atom. The molecule has 0 aliphatic carbocycles. The van der Waals surface area contributed by atoms with Gasteiger partial charge in [0.05, 0.1) is 13.2 Å². The molecule has 2 N–H and O–H groups in total. The van der Waals surface area contributed by atoms with Crippen LogP contribution in [0, 0.1) is 0 Å². The number of esters is 1. The van der Waals surface area contributed by atoms with Crippen molar-refractivity contribution in [3.63, 3.8) is 0 Å². The third-order valence-corrected chi connectivity index (χ3v) is 3.97. The quantitative estimate of drug-likeness (QED) is 0.527. The van der Waals surface area contributed by atoms with Crippen LogP contribution in [0.5, 0.6) is 5.75 Å². The van der Waals surface area contributed by atoms with Gasteiger partial charge in [-0.3, -0.25) is 10.1 Å². The lowest BCUT2D eigenvalue weighted by molar-refractivity contribution is -0.147. The molecule has 1 aliphatic heterocycles. The molecule has 0 bridgehead atoms. The summed E-state index contributed by atoms with van der Waals surface area (Å²) in [6.45, 7) is 6.59. The van der Waals surface area contributed by atoms with E-state index < -0.39 is 12.0 Å². The van der Waals surface area contributed by atoms with Gasteiger partial charge < -0.3 is 14.8 Å². The van der Waals surface area contributed by atoms with Gasteiger partial charge in [0.2, 0.25) is 5.91 Å². The zero-order valence-electron chi connectivity index (χ0n) is 14.5. The topological polar surface area (TPSA) is 86.6 Å². The van der Waals surface area contributed by atoms with Crippen molar-refractivity contribution in [1.29, 1.82) is 0 Å². The summed E-state index contributed by atoms with van der Waals surface area (Å²) in [6.07, 6.45) is 1.28. The molecule has 1 aliphatic rings. The Labute approximate surface area is 142 Å². The fourth-order valence-electron chi connectivity index (χ4n) is 2.61. The van der Waals surface area contributed by atoms with Crippen molar-refractivity contribution in [1.82, 2.24) is 10.6 Å². The van der Waals surface area contributed by atoms with E-state index in [1.807, 2.05) is 38.1 Å². The third-order valence-electron chi connectivity index (χ3n) is 3.97. The Hall–Kier alpha value is -2.08. The number of carbonyl (C=O) groups excluding carboxylic acids is 2. The van der Waals surface area contributed by atoms with E-state index in [-0.39, 0.29) is 24.6 Å². The van der Waals surface area contributed by atoms with Crippen LogP contribution in [0.1, 0.15) is 32.8 Å². The van der Waals surface area contributed by atoms with Gasteiger partial charge >= 0.3 is 5.97 Å². The summed E-state index contributed by atoms with van der Waals surface area (Å²) in [5.74, 6) is 0.227. The lowest BCUT2D eigenvalue weighted by Crippen LogP contribution is -2.45. The number of amides is 1. The zero-order valence-corrected chi connectivity index (χ0v) is 14.5. The predicted octanol–water partition coefficient (Wildman–Crippen LogP) is 1.43. The second kappa shape index (κ2) is 8.68. The van der Waals surface area contributed by atoms with E-state index in [4.69, 9.17) is 9.47 Å². The van der Waals surface area contributed by atoms with E-state index in [1.54, 1.807) is 6.92 Å². The van der Waals surface area contributed by atoms with Crippen molar-refractivity contribution >= 4 is 11.9 Å². The van der Waals surface area contributed by atoms with Crippen LogP contribution in [0.25, 0.3) is 0 Å². The highest BCUT2D eigenvalue weighted by molar-refractivity contribution is 5.90. The van der Waals surface area contributed by atoms with Crippen molar-refractivity contribution < 1.29 is 19.1 Å². The number of ether oxygens (including phenoxy) is 2. The van der Waals surface area contributed by atoms with Gasteiger partial charge in [0, 0.05) is 12.5 Å². The Kier molecular flexibility index (Phi) is 6.61. The average Bonchev–Trinajstić information content (AvgIpc) is 3.36. The Balaban J connectivity index is 2.00. The van der Waals surface area contributed by atoms with Crippen LogP contribution in [-0.4, -0.2) is 43.2 Å². The van der Waals surface area contributed by atoms with Gasteiger partial charge in [-0.2, -0.15) is 0 Å². The van der Waals surface area contributed by atoms with Gasteiger partial charge in [0.15, 0.2) is 0 Å². The summed E-state index contributed by atoms with van der Waals surface area (Å²) in [4.78, 5) is 24.4. The van der Waals surface area contributed by atoms with Gasteiger partial charge in [0.25, 0.3) is 0 Å². The molecule has 6 nitrogen and oxygen atoms in total. The van der Waals surface area contributed by atoms with E-state index in [9.17, 15) is 9.59 Å². The molecule has 1 amide bonds. The normalized spacial score (nSPS) is 20.1. The average molecular weight is 334 g/mol.